The monoisotopic (exact) mass is 319 g/mol. The Balaban J connectivity index is 1.68. The van der Waals surface area contributed by atoms with Gasteiger partial charge < -0.3 is 10.6 Å². The average Bonchev–Trinajstić information content (AvgIpc) is 2.61. The fourth-order valence-corrected chi connectivity index (χ4v) is 2.45. The lowest BCUT2D eigenvalue weighted by atomic mass is 10.1. The second kappa shape index (κ2) is 6.91. The maximum atomic E-state index is 12.1. The number of rotatable bonds is 3. The highest BCUT2D eigenvalue weighted by Gasteiger charge is 2.15. The molecule has 0 bridgehead atoms. The molecule has 2 amide bonds. The zero-order valence-electron chi connectivity index (χ0n) is 13.2. The molecule has 3 rings (SSSR count). The van der Waals surface area contributed by atoms with E-state index in [4.69, 9.17) is 0 Å². The topological polar surface area (TPSA) is 71.1 Å². The van der Waals surface area contributed by atoms with Crippen LogP contribution < -0.4 is 10.6 Å². The van der Waals surface area contributed by atoms with Crippen LogP contribution >= 0.6 is 0 Å². The number of fused-ring (bicyclic) bond motifs is 1. The van der Waals surface area contributed by atoms with Crippen LogP contribution in [0.1, 0.15) is 11.1 Å². The highest BCUT2D eigenvalue weighted by atomic mass is 16.2. The van der Waals surface area contributed by atoms with Crippen molar-refractivity contribution in [1.82, 2.24) is 10.3 Å². The summed E-state index contributed by atoms with van der Waals surface area (Å²) in [4.78, 5) is 28.4. The van der Waals surface area contributed by atoms with Crippen molar-refractivity contribution < 1.29 is 9.59 Å². The predicted molar refractivity (Wildman–Crippen MR) is 93.4 cm³/mol. The lowest BCUT2D eigenvalue weighted by Crippen LogP contribution is -2.35. The van der Waals surface area contributed by atoms with Crippen molar-refractivity contribution in [1.29, 1.82) is 0 Å². The van der Waals surface area contributed by atoms with Crippen LogP contribution in [0, 0.1) is 6.92 Å². The van der Waals surface area contributed by atoms with E-state index in [0.29, 0.717) is 17.7 Å². The molecule has 0 atom stereocenters. The minimum atomic E-state index is -0.707. The lowest BCUT2D eigenvalue weighted by molar-refractivity contribution is -0.136. The molecule has 1 heterocycles. The molecule has 0 radical (unpaired) electrons. The first kappa shape index (κ1) is 15.7. The van der Waals surface area contributed by atoms with Crippen LogP contribution in [-0.2, 0) is 16.1 Å². The van der Waals surface area contributed by atoms with Gasteiger partial charge in [0, 0.05) is 18.1 Å². The van der Waals surface area contributed by atoms with E-state index in [1.165, 1.54) is 0 Å². The van der Waals surface area contributed by atoms with Gasteiger partial charge in [-0.2, -0.15) is 0 Å². The molecule has 0 unspecified atom stereocenters. The Labute approximate surface area is 139 Å². The Kier molecular flexibility index (Phi) is 4.52. The van der Waals surface area contributed by atoms with Crippen LogP contribution in [0.3, 0.4) is 0 Å². The summed E-state index contributed by atoms with van der Waals surface area (Å²) in [5, 5.41) is 6.16. The van der Waals surface area contributed by atoms with Gasteiger partial charge in [0.1, 0.15) is 0 Å². The maximum absolute atomic E-state index is 12.1. The minimum Gasteiger partial charge on any atom is -0.344 e. The Morgan fingerprint density at radius 2 is 1.75 bits per heavy atom. The fraction of sp³-hybridized carbons (Fsp3) is 0.105. The number of para-hydroxylation sites is 1. The first-order valence-corrected chi connectivity index (χ1v) is 7.62. The van der Waals surface area contributed by atoms with Gasteiger partial charge >= 0.3 is 11.8 Å². The van der Waals surface area contributed by atoms with Crippen molar-refractivity contribution in [3.05, 3.63) is 71.9 Å². The van der Waals surface area contributed by atoms with Gasteiger partial charge in [-0.25, -0.2) is 0 Å². The molecule has 2 aromatic carbocycles. The number of pyridine rings is 1. The molecule has 0 saturated heterocycles. The largest absolute Gasteiger partial charge is 0.344 e. The number of nitrogens with zero attached hydrogens (tertiary/aromatic N) is 1. The SMILES string of the molecule is Cc1ccccc1CNC(=O)C(=O)Nc1cccc2cccnc12. The van der Waals surface area contributed by atoms with E-state index in [9.17, 15) is 9.59 Å². The van der Waals surface area contributed by atoms with Gasteiger partial charge in [-0.1, -0.05) is 42.5 Å². The fourth-order valence-electron chi connectivity index (χ4n) is 2.45. The number of carbonyl (C=O) groups is 2. The molecule has 0 aliphatic heterocycles. The maximum Gasteiger partial charge on any atom is 0.313 e. The molecule has 0 fully saturated rings. The Bertz CT molecular complexity index is 901. The van der Waals surface area contributed by atoms with E-state index < -0.39 is 11.8 Å². The van der Waals surface area contributed by atoms with Crippen LogP contribution in [-0.4, -0.2) is 16.8 Å². The Morgan fingerprint density at radius 1 is 0.958 bits per heavy atom. The third kappa shape index (κ3) is 3.41. The summed E-state index contributed by atoms with van der Waals surface area (Å²) in [7, 11) is 0. The number of anilines is 1. The van der Waals surface area contributed by atoms with E-state index >= 15 is 0 Å². The number of benzene rings is 2. The summed E-state index contributed by atoms with van der Waals surface area (Å²) >= 11 is 0. The van der Waals surface area contributed by atoms with Crippen molar-refractivity contribution in [3.63, 3.8) is 0 Å². The Hall–Kier alpha value is -3.21. The molecule has 2 N–H and O–H groups in total. The van der Waals surface area contributed by atoms with E-state index in [1.54, 1.807) is 12.3 Å². The molecule has 5 nitrogen and oxygen atoms in total. The van der Waals surface area contributed by atoms with E-state index in [1.807, 2.05) is 55.5 Å². The molecular formula is C19H17N3O2. The van der Waals surface area contributed by atoms with Crippen molar-refractivity contribution in [2.24, 2.45) is 0 Å². The second-order valence-corrected chi connectivity index (χ2v) is 5.44. The first-order valence-electron chi connectivity index (χ1n) is 7.62. The number of hydrogen-bond acceptors (Lipinski definition) is 3. The molecule has 120 valence electrons. The Morgan fingerprint density at radius 3 is 2.58 bits per heavy atom. The number of hydrogen-bond donors (Lipinski definition) is 2. The van der Waals surface area contributed by atoms with Crippen molar-refractivity contribution in [2.75, 3.05) is 5.32 Å². The highest BCUT2D eigenvalue weighted by molar-refractivity contribution is 6.40. The third-order valence-corrected chi connectivity index (χ3v) is 3.79. The van der Waals surface area contributed by atoms with E-state index in [0.717, 1.165) is 16.5 Å². The molecule has 0 aliphatic carbocycles. The standard InChI is InChI=1S/C19H17N3O2/c1-13-6-2-3-7-15(13)12-21-18(23)19(24)22-16-10-4-8-14-9-5-11-20-17(14)16/h2-11H,12H2,1H3,(H,21,23)(H,22,24). The van der Waals surface area contributed by atoms with Gasteiger partial charge in [0.05, 0.1) is 11.2 Å². The summed E-state index contributed by atoms with van der Waals surface area (Å²) in [6.45, 7) is 2.27. The molecular weight excluding hydrogens is 302 g/mol. The van der Waals surface area contributed by atoms with Gasteiger partial charge in [0.2, 0.25) is 0 Å². The zero-order chi connectivity index (χ0) is 16.9. The number of carbonyl (C=O) groups excluding carboxylic acids is 2. The summed E-state index contributed by atoms with van der Waals surface area (Å²) in [6, 6.07) is 16.9. The normalized spacial score (nSPS) is 10.4. The smallest absolute Gasteiger partial charge is 0.313 e. The molecule has 0 spiro atoms. The molecule has 1 aromatic heterocycles. The summed E-state index contributed by atoms with van der Waals surface area (Å²) in [5.74, 6) is -1.38. The van der Waals surface area contributed by atoms with Gasteiger partial charge in [-0.3, -0.25) is 14.6 Å². The van der Waals surface area contributed by atoms with Crippen LogP contribution in [0.25, 0.3) is 10.9 Å². The quantitative estimate of drug-likeness (QED) is 0.729. The number of aromatic nitrogens is 1. The number of aryl methyl sites for hydroxylation is 1. The summed E-state index contributed by atoms with van der Waals surface area (Å²) in [6.07, 6.45) is 1.65. The molecule has 0 aliphatic rings. The minimum absolute atomic E-state index is 0.312. The molecule has 3 aromatic rings. The zero-order valence-corrected chi connectivity index (χ0v) is 13.2. The summed E-state index contributed by atoms with van der Waals surface area (Å²) in [5.41, 5.74) is 3.21. The third-order valence-electron chi connectivity index (χ3n) is 3.79. The number of amides is 2. The molecule has 5 heteroatoms. The van der Waals surface area contributed by atoms with Crippen LogP contribution in [0.5, 0.6) is 0 Å². The average molecular weight is 319 g/mol. The van der Waals surface area contributed by atoms with Gasteiger partial charge in [-0.05, 0) is 30.2 Å². The first-order chi connectivity index (χ1) is 11.6. The van der Waals surface area contributed by atoms with Crippen molar-refractivity contribution in [2.45, 2.75) is 13.5 Å². The van der Waals surface area contributed by atoms with E-state index in [-0.39, 0.29) is 0 Å². The van der Waals surface area contributed by atoms with Gasteiger partial charge in [0.15, 0.2) is 0 Å². The molecule has 0 saturated carbocycles. The molecule has 24 heavy (non-hydrogen) atoms. The van der Waals surface area contributed by atoms with Crippen molar-refractivity contribution >= 4 is 28.4 Å². The summed E-state index contributed by atoms with van der Waals surface area (Å²) < 4.78 is 0. The van der Waals surface area contributed by atoms with E-state index in [2.05, 4.69) is 15.6 Å². The van der Waals surface area contributed by atoms with Crippen LogP contribution in [0.2, 0.25) is 0 Å². The van der Waals surface area contributed by atoms with Crippen molar-refractivity contribution in [3.8, 4) is 0 Å². The van der Waals surface area contributed by atoms with Crippen LogP contribution in [0.15, 0.2) is 60.8 Å². The van der Waals surface area contributed by atoms with Crippen LogP contribution in [0.4, 0.5) is 5.69 Å². The predicted octanol–water partition coefficient (Wildman–Crippen LogP) is 2.80. The lowest BCUT2D eigenvalue weighted by Gasteiger charge is -2.09. The van der Waals surface area contributed by atoms with Gasteiger partial charge in [0.25, 0.3) is 0 Å². The highest BCUT2D eigenvalue weighted by Crippen LogP contribution is 2.20. The second-order valence-electron chi connectivity index (χ2n) is 5.44. The number of nitrogens with one attached hydrogen (secondary N) is 2. The van der Waals surface area contributed by atoms with Gasteiger partial charge in [-0.15, -0.1) is 0 Å².